The molecule has 4 N–H and O–H groups in total. The van der Waals surface area contributed by atoms with Gasteiger partial charge in [-0.2, -0.15) is 0 Å². The van der Waals surface area contributed by atoms with Gasteiger partial charge in [0.2, 0.25) is 7.37 Å². The van der Waals surface area contributed by atoms with E-state index >= 15 is 0 Å². The van der Waals surface area contributed by atoms with Crippen LogP contribution < -0.4 is 5.32 Å². The van der Waals surface area contributed by atoms with Crippen LogP contribution in [0.15, 0.2) is 30.3 Å². The molecule has 1 aromatic rings. The van der Waals surface area contributed by atoms with Crippen molar-refractivity contribution in [3.05, 3.63) is 35.9 Å². The number of alkyl carbamates (subject to hydrolysis) is 1. The molecule has 0 saturated heterocycles. The summed E-state index contributed by atoms with van der Waals surface area (Å²) in [5.41, 5.74) is -0.114. The van der Waals surface area contributed by atoms with Crippen LogP contribution in [0.5, 0.6) is 0 Å². The summed E-state index contributed by atoms with van der Waals surface area (Å²) in [6.45, 7) is 4.93. The fourth-order valence-corrected chi connectivity index (χ4v) is 5.71. The van der Waals surface area contributed by atoms with E-state index in [1.807, 2.05) is 6.07 Å². The van der Waals surface area contributed by atoms with E-state index in [2.05, 4.69) is 5.32 Å². The van der Waals surface area contributed by atoms with Crippen LogP contribution in [0.1, 0.15) is 45.6 Å². The Morgan fingerprint density at radius 1 is 1.13 bits per heavy atom. The summed E-state index contributed by atoms with van der Waals surface area (Å²) in [6.07, 6.45) is -1.68. The zero-order chi connectivity index (χ0) is 22.9. The predicted octanol–water partition coefficient (Wildman–Crippen LogP) is 3.51. The first-order chi connectivity index (χ1) is 13.8. The molecule has 0 aliphatic heterocycles. The van der Waals surface area contributed by atoms with Crippen molar-refractivity contribution >= 4 is 25.4 Å². The molecular weight excluding hydrogens is 413 g/mol. The van der Waals surface area contributed by atoms with Gasteiger partial charge in [0, 0.05) is 12.6 Å². The molecule has 0 bridgehead atoms. The van der Waals surface area contributed by atoms with E-state index in [0.29, 0.717) is 0 Å². The lowest BCUT2D eigenvalue weighted by atomic mass is 9.96. The molecule has 0 aliphatic rings. The Bertz CT molecular complexity index is 775. The number of nitrogens with one attached hydrogen (secondary N) is 1. The molecule has 3 unspecified atom stereocenters. The molecule has 0 saturated carbocycles. The summed E-state index contributed by atoms with van der Waals surface area (Å²) in [4.78, 5) is 45.1. The van der Waals surface area contributed by atoms with Gasteiger partial charge in [-0.15, -0.1) is 0 Å². The fraction of sp³-hybridized carbons (Fsp3) is 0.550. The third-order valence-corrected chi connectivity index (χ3v) is 7.14. The Hall–Kier alpha value is -2.38. The second kappa shape index (κ2) is 11.1. The molecule has 168 valence electrons. The van der Waals surface area contributed by atoms with Crippen molar-refractivity contribution < 1.29 is 38.8 Å². The number of aliphatic carboxylic acids is 2. The molecular formula is C20H30NO8P. The van der Waals surface area contributed by atoms with Crippen LogP contribution in [-0.4, -0.2) is 45.1 Å². The van der Waals surface area contributed by atoms with Crippen molar-refractivity contribution in [1.29, 1.82) is 0 Å². The highest BCUT2D eigenvalue weighted by molar-refractivity contribution is 7.58. The Labute approximate surface area is 175 Å². The Morgan fingerprint density at radius 2 is 1.73 bits per heavy atom. The maximum Gasteiger partial charge on any atom is 0.408 e. The molecule has 0 radical (unpaired) electrons. The number of carboxylic acids is 2. The van der Waals surface area contributed by atoms with E-state index < -0.39 is 48.7 Å². The number of carboxylic acid groups (broad SMARTS) is 2. The molecule has 30 heavy (non-hydrogen) atoms. The lowest BCUT2D eigenvalue weighted by molar-refractivity contribution is -0.142. The normalized spacial score (nSPS) is 15.5. The number of hydrogen-bond acceptors (Lipinski definition) is 5. The number of amides is 1. The standard InChI is InChI=1S/C20H30NO8P/c1-20(2,3)18(21-19(26)29-12-14-8-5-4-6-9-14)30(27,28)13-15(17(24)25)10-7-11-16(22)23/h4-6,8-9,15,18H,7,10-13H2,1-3H3,(H,21,26)(H,22,23)(H,24,25)(H,27,28). The van der Waals surface area contributed by atoms with Gasteiger partial charge >= 0.3 is 18.0 Å². The van der Waals surface area contributed by atoms with Crippen molar-refractivity contribution in [2.75, 3.05) is 6.16 Å². The number of hydrogen-bond donors (Lipinski definition) is 4. The van der Waals surface area contributed by atoms with E-state index in [9.17, 15) is 28.9 Å². The van der Waals surface area contributed by atoms with Gasteiger partial charge < -0.3 is 25.2 Å². The maximum atomic E-state index is 13.1. The smallest absolute Gasteiger partial charge is 0.408 e. The summed E-state index contributed by atoms with van der Waals surface area (Å²) in [5.74, 6) is -4.79. The monoisotopic (exact) mass is 443 g/mol. The molecule has 0 heterocycles. The van der Waals surface area contributed by atoms with Crippen LogP contribution in [0.2, 0.25) is 0 Å². The van der Waals surface area contributed by atoms with Crippen LogP contribution in [0.25, 0.3) is 0 Å². The number of carbonyl (C=O) groups excluding carboxylic acids is 1. The highest BCUT2D eigenvalue weighted by Gasteiger charge is 2.43. The number of rotatable bonds is 11. The van der Waals surface area contributed by atoms with Crippen molar-refractivity contribution in [2.45, 2.75) is 52.4 Å². The van der Waals surface area contributed by atoms with Crippen LogP contribution in [0.3, 0.4) is 0 Å². The summed E-state index contributed by atoms with van der Waals surface area (Å²) in [6, 6.07) is 8.91. The van der Waals surface area contributed by atoms with E-state index in [1.54, 1.807) is 45.0 Å². The minimum absolute atomic E-state index is 0.0216. The lowest BCUT2D eigenvalue weighted by Gasteiger charge is -2.35. The van der Waals surface area contributed by atoms with Gasteiger partial charge in [0.15, 0.2) is 0 Å². The summed E-state index contributed by atoms with van der Waals surface area (Å²) < 4.78 is 18.2. The Morgan fingerprint density at radius 3 is 2.23 bits per heavy atom. The summed E-state index contributed by atoms with van der Waals surface area (Å²) >= 11 is 0. The van der Waals surface area contributed by atoms with Gasteiger partial charge in [-0.25, -0.2) is 4.79 Å². The van der Waals surface area contributed by atoms with E-state index in [4.69, 9.17) is 9.84 Å². The average molecular weight is 443 g/mol. The van der Waals surface area contributed by atoms with Crippen LogP contribution in [-0.2, 0) is 25.5 Å². The number of benzene rings is 1. The zero-order valence-corrected chi connectivity index (χ0v) is 18.3. The molecule has 10 heteroatoms. The minimum atomic E-state index is -4.19. The Kier molecular flexibility index (Phi) is 9.52. The largest absolute Gasteiger partial charge is 0.481 e. The van der Waals surface area contributed by atoms with Crippen molar-refractivity contribution in [2.24, 2.45) is 11.3 Å². The SMILES string of the molecule is CC(C)(C)C(NC(=O)OCc1ccccc1)P(=O)(O)CC(CCCC(=O)O)C(=O)O. The third kappa shape index (κ3) is 8.97. The van der Waals surface area contributed by atoms with Crippen molar-refractivity contribution in [1.82, 2.24) is 5.32 Å². The van der Waals surface area contributed by atoms with Gasteiger partial charge in [0.05, 0.1) is 5.92 Å². The molecule has 1 amide bonds. The first-order valence-corrected chi connectivity index (χ1v) is 11.5. The van der Waals surface area contributed by atoms with Gasteiger partial charge in [-0.1, -0.05) is 51.1 Å². The fourth-order valence-electron chi connectivity index (χ4n) is 3.01. The molecule has 0 fully saturated rings. The lowest BCUT2D eigenvalue weighted by Crippen LogP contribution is -2.44. The quantitative estimate of drug-likeness (QED) is 0.379. The van der Waals surface area contributed by atoms with Crippen molar-refractivity contribution in [3.63, 3.8) is 0 Å². The molecule has 0 spiro atoms. The maximum absolute atomic E-state index is 13.1. The van der Waals surface area contributed by atoms with Gasteiger partial charge in [-0.05, 0) is 23.8 Å². The minimum Gasteiger partial charge on any atom is -0.481 e. The van der Waals surface area contributed by atoms with E-state index in [-0.39, 0.29) is 25.9 Å². The molecule has 0 aliphatic carbocycles. The highest BCUT2D eigenvalue weighted by atomic mass is 31.2. The average Bonchev–Trinajstić information content (AvgIpc) is 2.63. The summed E-state index contributed by atoms with van der Waals surface area (Å²) in [7, 11) is -4.19. The Balaban J connectivity index is 2.85. The van der Waals surface area contributed by atoms with Gasteiger partial charge in [-0.3, -0.25) is 14.2 Å². The molecule has 0 aromatic heterocycles. The van der Waals surface area contributed by atoms with Crippen LogP contribution in [0.4, 0.5) is 4.79 Å². The molecule has 3 atom stereocenters. The number of ether oxygens (including phenoxy) is 1. The summed E-state index contributed by atoms with van der Waals surface area (Å²) in [5, 5.41) is 20.5. The van der Waals surface area contributed by atoms with Crippen LogP contribution in [0, 0.1) is 11.3 Å². The molecule has 9 nitrogen and oxygen atoms in total. The highest BCUT2D eigenvalue weighted by Crippen LogP contribution is 2.53. The third-order valence-electron chi connectivity index (χ3n) is 4.47. The second-order valence-corrected chi connectivity index (χ2v) is 10.6. The van der Waals surface area contributed by atoms with Gasteiger partial charge in [0.25, 0.3) is 0 Å². The first-order valence-electron chi connectivity index (χ1n) is 9.56. The van der Waals surface area contributed by atoms with Crippen molar-refractivity contribution in [3.8, 4) is 0 Å². The zero-order valence-electron chi connectivity index (χ0n) is 17.4. The topological polar surface area (TPSA) is 150 Å². The number of carbonyl (C=O) groups is 3. The predicted molar refractivity (Wildman–Crippen MR) is 110 cm³/mol. The molecule has 1 aromatic carbocycles. The second-order valence-electron chi connectivity index (χ2n) is 8.23. The van der Waals surface area contributed by atoms with E-state index in [0.717, 1.165) is 5.56 Å². The van der Waals surface area contributed by atoms with Gasteiger partial charge in [0.1, 0.15) is 12.4 Å². The first kappa shape index (κ1) is 25.7. The van der Waals surface area contributed by atoms with Crippen LogP contribution >= 0.6 is 7.37 Å². The molecule has 1 rings (SSSR count). The van der Waals surface area contributed by atoms with E-state index in [1.165, 1.54) is 0 Å².